The Hall–Kier alpha value is -3.76. The summed E-state index contributed by atoms with van der Waals surface area (Å²) in [6, 6.07) is 8.19. The number of aryl methyl sites for hydroxylation is 1. The molecular formula is C26H27FN6O3. The number of nitrogens with one attached hydrogen (secondary N) is 4. The Morgan fingerprint density at radius 2 is 2.17 bits per heavy atom. The first-order chi connectivity index (χ1) is 17.5. The summed E-state index contributed by atoms with van der Waals surface area (Å²) in [6.07, 6.45) is 1.88. The lowest BCUT2D eigenvalue weighted by Gasteiger charge is -2.23. The van der Waals surface area contributed by atoms with Crippen LogP contribution in [-0.2, 0) is 28.9 Å². The summed E-state index contributed by atoms with van der Waals surface area (Å²) >= 11 is 0. The minimum Gasteiger partial charge on any atom is -0.505 e. The number of H-pyrrole nitrogens is 2. The fourth-order valence-corrected chi connectivity index (χ4v) is 5.04. The molecule has 1 fully saturated rings. The number of carbonyl (C=O) groups is 1. The van der Waals surface area contributed by atoms with Crippen molar-refractivity contribution in [2.45, 2.75) is 44.9 Å². The van der Waals surface area contributed by atoms with Crippen LogP contribution in [0.2, 0.25) is 0 Å². The molecule has 0 aliphatic carbocycles. The first-order valence-electron chi connectivity index (χ1n) is 12.2. The molecule has 36 heavy (non-hydrogen) atoms. The van der Waals surface area contributed by atoms with Gasteiger partial charge in [-0.05, 0) is 60.3 Å². The predicted molar refractivity (Wildman–Crippen MR) is 132 cm³/mol. The average molecular weight is 491 g/mol. The Morgan fingerprint density at radius 3 is 2.97 bits per heavy atom. The monoisotopic (exact) mass is 490 g/mol. The van der Waals surface area contributed by atoms with E-state index in [0.29, 0.717) is 37.4 Å². The number of benzene rings is 2. The number of aromatic amines is 2. The van der Waals surface area contributed by atoms with Crippen LogP contribution in [0.5, 0.6) is 5.75 Å². The van der Waals surface area contributed by atoms with Gasteiger partial charge in [-0.2, -0.15) is 5.10 Å². The van der Waals surface area contributed by atoms with Crippen molar-refractivity contribution >= 4 is 16.9 Å². The zero-order valence-corrected chi connectivity index (χ0v) is 19.8. The molecule has 2 aromatic carbocycles. The second kappa shape index (κ2) is 9.03. The summed E-state index contributed by atoms with van der Waals surface area (Å²) in [5.74, 6) is -0.610. The molecule has 10 heteroatoms. The summed E-state index contributed by atoms with van der Waals surface area (Å²) in [4.78, 5) is 20.7. The third-order valence-electron chi connectivity index (χ3n) is 7.02. The molecule has 0 bridgehead atoms. The summed E-state index contributed by atoms with van der Waals surface area (Å²) < 4.78 is 19.7. The molecule has 4 aromatic rings. The minimum atomic E-state index is -0.649. The fourth-order valence-electron chi connectivity index (χ4n) is 5.04. The molecule has 2 aliphatic heterocycles. The van der Waals surface area contributed by atoms with E-state index < -0.39 is 11.9 Å². The van der Waals surface area contributed by atoms with E-state index in [2.05, 4.69) is 25.8 Å². The SMILES string of the molecule is CCc1cc(O)c(F)cc1-c1ccc2c(-c3nc4c([nH]3)CNC(C(=O)OC3CCNC3)C4)n[nH]c2c1. The normalized spacial score (nSPS) is 19.5. The number of esters is 1. The molecule has 4 heterocycles. The molecule has 6 rings (SSSR count). The largest absolute Gasteiger partial charge is 0.505 e. The maximum atomic E-state index is 14.1. The van der Waals surface area contributed by atoms with Crippen LogP contribution >= 0.6 is 0 Å². The Kier molecular flexibility index (Phi) is 5.69. The van der Waals surface area contributed by atoms with Crippen LogP contribution < -0.4 is 10.6 Å². The number of nitrogens with zero attached hydrogens (tertiary/aromatic N) is 2. The number of hydrogen-bond donors (Lipinski definition) is 5. The van der Waals surface area contributed by atoms with Crippen LogP contribution in [-0.4, -0.2) is 56.5 Å². The first-order valence-corrected chi connectivity index (χ1v) is 12.2. The third kappa shape index (κ3) is 4.02. The van der Waals surface area contributed by atoms with Crippen LogP contribution in [0.1, 0.15) is 30.3 Å². The van der Waals surface area contributed by atoms with Gasteiger partial charge in [0.15, 0.2) is 17.4 Å². The quantitative estimate of drug-likeness (QED) is 0.272. The van der Waals surface area contributed by atoms with Crippen LogP contribution in [0.25, 0.3) is 33.5 Å². The number of hydrogen-bond acceptors (Lipinski definition) is 7. The molecule has 2 aliphatic rings. The van der Waals surface area contributed by atoms with E-state index in [4.69, 9.17) is 9.72 Å². The highest BCUT2D eigenvalue weighted by atomic mass is 19.1. The summed E-state index contributed by atoms with van der Waals surface area (Å²) in [6.45, 7) is 4.02. The lowest BCUT2D eigenvalue weighted by Crippen LogP contribution is -2.44. The van der Waals surface area contributed by atoms with Gasteiger partial charge in [-0.3, -0.25) is 15.2 Å². The van der Waals surface area contributed by atoms with Crippen molar-refractivity contribution in [2.75, 3.05) is 13.1 Å². The Morgan fingerprint density at radius 1 is 1.28 bits per heavy atom. The van der Waals surface area contributed by atoms with Gasteiger partial charge in [0.1, 0.15) is 17.8 Å². The zero-order chi connectivity index (χ0) is 24.8. The van der Waals surface area contributed by atoms with E-state index in [-0.39, 0.29) is 17.8 Å². The first kappa shape index (κ1) is 22.7. The number of halogens is 1. The number of phenols is 1. The smallest absolute Gasteiger partial charge is 0.323 e. The van der Waals surface area contributed by atoms with Crippen LogP contribution in [0.3, 0.4) is 0 Å². The molecule has 2 aromatic heterocycles. The van der Waals surface area contributed by atoms with Gasteiger partial charge in [-0.25, -0.2) is 9.37 Å². The summed E-state index contributed by atoms with van der Waals surface area (Å²) in [5, 5.41) is 24.6. The van der Waals surface area contributed by atoms with E-state index in [1.165, 1.54) is 12.1 Å². The number of imidazole rings is 1. The fraction of sp³-hybridized carbons (Fsp3) is 0.346. The molecular weight excluding hydrogens is 463 g/mol. The standard InChI is InChI=1S/C26H27FN6O3/c1-2-13-8-23(34)18(27)9-17(13)14-3-4-16-19(7-14)32-33-24(16)25-30-20-10-21(29-12-22(20)31-25)26(35)36-15-5-6-28-11-15/h3-4,7-9,15,21,28-29,34H,2,5-6,10-12H2,1H3,(H,30,31)(H,32,33). The molecule has 0 spiro atoms. The molecule has 5 N–H and O–H groups in total. The van der Waals surface area contributed by atoms with Gasteiger partial charge in [0.05, 0.1) is 16.9 Å². The second-order valence-corrected chi connectivity index (χ2v) is 9.35. The van der Waals surface area contributed by atoms with Gasteiger partial charge in [0.2, 0.25) is 0 Å². The van der Waals surface area contributed by atoms with Crippen molar-refractivity contribution in [3.8, 4) is 28.4 Å². The van der Waals surface area contributed by atoms with Crippen LogP contribution in [0, 0.1) is 5.82 Å². The molecule has 2 atom stereocenters. The van der Waals surface area contributed by atoms with E-state index in [9.17, 15) is 14.3 Å². The zero-order valence-electron chi connectivity index (χ0n) is 19.8. The Balaban J connectivity index is 1.26. The molecule has 0 saturated carbocycles. The topological polar surface area (TPSA) is 128 Å². The van der Waals surface area contributed by atoms with Gasteiger partial charge in [0, 0.05) is 24.9 Å². The lowest BCUT2D eigenvalue weighted by molar-refractivity contribution is -0.150. The van der Waals surface area contributed by atoms with Gasteiger partial charge in [-0.15, -0.1) is 0 Å². The van der Waals surface area contributed by atoms with E-state index >= 15 is 0 Å². The maximum Gasteiger partial charge on any atom is 0.323 e. The van der Waals surface area contributed by atoms with E-state index in [1.807, 2.05) is 25.1 Å². The minimum absolute atomic E-state index is 0.0674. The number of phenolic OH excluding ortho intramolecular Hbond substituents is 1. The second-order valence-electron chi connectivity index (χ2n) is 9.35. The average Bonchev–Trinajstić information content (AvgIpc) is 3.63. The van der Waals surface area contributed by atoms with Crippen molar-refractivity contribution in [3.05, 3.63) is 53.1 Å². The highest BCUT2D eigenvalue weighted by Gasteiger charge is 2.31. The molecule has 9 nitrogen and oxygen atoms in total. The third-order valence-corrected chi connectivity index (χ3v) is 7.02. The van der Waals surface area contributed by atoms with Crippen LogP contribution in [0.15, 0.2) is 30.3 Å². The maximum absolute atomic E-state index is 14.1. The van der Waals surface area contributed by atoms with Crippen molar-refractivity contribution in [3.63, 3.8) is 0 Å². The number of carbonyl (C=O) groups excluding carboxylic acids is 1. The molecule has 0 radical (unpaired) electrons. The number of ether oxygens (including phenoxy) is 1. The van der Waals surface area contributed by atoms with Gasteiger partial charge >= 0.3 is 5.97 Å². The van der Waals surface area contributed by atoms with Crippen molar-refractivity contribution < 1.29 is 19.0 Å². The Bertz CT molecular complexity index is 1460. The molecule has 186 valence electrons. The van der Waals surface area contributed by atoms with Crippen molar-refractivity contribution in [2.24, 2.45) is 0 Å². The van der Waals surface area contributed by atoms with Gasteiger partial charge in [-0.1, -0.05) is 13.0 Å². The van der Waals surface area contributed by atoms with E-state index in [1.54, 1.807) is 0 Å². The summed E-state index contributed by atoms with van der Waals surface area (Å²) in [5.41, 5.74) is 5.64. The number of fused-ring (bicyclic) bond motifs is 2. The number of rotatable bonds is 5. The van der Waals surface area contributed by atoms with Crippen molar-refractivity contribution in [1.82, 2.24) is 30.8 Å². The molecule has 1 saturated heterocycles. The Labute approximate surface area is 206 Å². The van der Waals surface area contributed by atoms with Gasteiger partial charge in [0.25, 0.3) is 0 Å². The number of aromatic nitrogens is 4. The highest BCUT2D eigenvalue weighted by Crippen LogP contribution is 2.34. The van der Waals surface area contributed by atoms with Gasteiger partial charge < -0.3 is 20.1 Å². The lowest BCUT2D eigenvalue weighted by atomic mass is 9.96. The molecule has 0 amide bonds. The van der Waals surface area contributed by atoms with Crippen LogP contribution in [0.4, 0.5) is 4.39 Å². The van der Waals surface area contributed by atoms with E-state index in [0.717, 1.165) is 51.9 Å². The highest BCUT2D eigenvalue weighted by molar-refractivity contribution is 5.94. The number of aromatic hydroxyl groups is 1. The predicted octanol–water partition coefficient (Wildman–Crippen LogP) is 2.95. The van der Waals surface area contributed by atoms with Crippen molar-refractivity contribution in [1.29, 1.82) is 0 Å². The molecule has 2 unspecified atom stereocenters. The summed E-state index contributed by atoms with van der Waals surface area (Å²) in [7, 11) is 0.